The van der Waals surface area contributed by atoms with Crippen LogP contribution in [0.4, 0.5) is 0 Å². The number of benzene rings is 11. The standard InChI is InChI=1S/C72H55BN4/c1-44-37-46(3)68(47(4)38-44)73(69-48(5)39-45(2)40-49(69)6)50-41-53(74-65-32-20-16-28-61(65)67-66(74)36-35-58-55-25-13-17-29-62(55)75(70(58)67)51-21-9-7-10-22-51)43-54(42-50)77-64-31-19-15-27-57(64)60-34-33-59-56-26-14-18-30-63(56)76(71(59)72(60)77)52-23-11-8-12-24-52/h7-43H,1-6H3. The second-order valence-electron chi connectivity index (χ2n) is 21.6. The molecular formula is C72H55BN4. The molecule has 4 aromatic heterocycles. The molecule has 77 heavy (non-hydrogen) atoms. The largest absolute Gasteiger partial charge is 0.309 e. The van der Waals surface area contributed by atoms with Gasteiger partial charge in [0.15, 0.2) is 0 Å². The summed E-state index contributed by atoms with van der Waals surface area (Å²) in [6.45, 7) is 13.7. The Hall–Kier alpha value is -9.32. The summed E-state index contributed by atoms with van der Waals surface area (Å²) in [5.41, 5.74) is 25.7. The number of para-hydroxylation sites is 6. The summed E-state index contributed by atoms with van der Waals surface area (Å²) in [5.74, 6) is 0. The Labute approximate surface area is 448 Å². The van der Waals surface area contributed by atoms with Crippen molar-refractivity contribution in [3.8, 4) is 22.7 Å². The first-order chi connectivity index (χ1) is 37.7. The van der Waals surface area contributed by atoms with Crippen molar-refractivity contribution in [3.05, 3.63) is 258 Å². The molecule has 0 spiro atoms. The van der Waals surface area contributed by atoms with Gasteiger partial charge < -0.3 is 18.3 Å². The van der Waals surface area contributed by atoms with E-state index in [0.717, 1.165) is 28.3 Å². The normalized spacial score (nSPS) is 12.0. The molecule has 0 bridgehead atoms. The zero-order valence-corrected chi connectivity index (χ0v) is 44.2. The molecule has 0 atom stereocenters. The van der Waals surface area contributed by atoms with Crippen molar-refractivity contribution in [2.45, 2.75) is 41.5 Å². The van der Waals surface area contributed by atoms with Crippen molar-refractivity contribution in [3.63, 3.8) is 0 Å². The zero-order valence-electron chi connectivity index (χ0n) is 44.2. The molecule has 0 aliphatic carbocycles. The fourth-order valence-electron chi connectivity index (χ4n) is 14.1. The molecule has 366 valence electrons. The average molecular weight is 987 g/mol. The SMILES string of the molecule is Cc1cc(C)c(B(c2cc(-n3c4ccccc4c4c3ccc3c5ccccc5n(-c5ccccc5)c34)cc(-n3c4ccccc4c4ccc5c6ccccc6n(-c6ccccc6)c5c43)c2)c2c(C)cc(C)cc2C)c(C)c1. The molecule has 0 N–H and O–H groups in total. The third kappa shape index (κ3) is 6.66. The lowest BCUT2D eigenvalue weighted by Crippen LogP contribution is -2.56. The molecule has 0 saturated carbocycles. The van der Waals surface area contributed by atoms with E-state index in [9.17, 15) is 0 Å². The Kier molecular flexibility index (Phi) is 10.0. The number of fused-ring (bicyclic) bond motifs is 14. The Morgan fingerprint density at radius 1 is 0.260 bits per heavy atom. The highest BCUT2D eigenvalue weighted by Crippen LogP contribution is 2.44. The van der Waals surface area contributed by atoms with Crippen LogP contribution in [0.3, 0.4) is 0 Å². The van der Waals surface area contributed by atoms with Crippen LogP contribution in [0.25, 0.3) is 110 Å². The smallest absolute Gasteiger partial charge is 0.242 e. The van der Waals surface area contributed by atoms with Crippen LogP contribution < -0.4 is 16.4 Å². The molecule has 0 unspecified atom stereocenters. The van der Waals surface area contributed by atoms with Crippen LogP contribution in [0, 0.1) is 41.5 Å². The highest BCUT2D eigenvalue weighted by molar-refractivity contribution is 6.96. The maximum Gasteiger partial charge on any atom is 0.242 e. The van der Waals surface area contributed by atoms with Crippen molar-refractivity contribution in [2.75, 3.05) is 0 Å². The summed E-state index contributed by atoms with van der Waals surface area (Å²) in [6, 6.07) is 84.3. The van der Waals surface area contributed by atoms with Gasteiger partial charge >= 0.3 is 0 Å². The zero-order chi connectivity index (χ0) is 51.8. The molecule has 0 aliphatic rings. The molecule has 4 nitrogen and oxygen atoms in total. The second kappa shape index (κ2) is 17.1. The maximum atomic E-state index is 2.60. The topological polar surface area (TPSA) is 19.7 Å². The van der Waals surface area contributed by atoms with Crippen LogP contribution in [0.2, 0.25) is 0 Å². The van der Waals surface area contributed by atoms with E-state index in [1.165, 1.54) is 131 Å². The van der Waals surface area contributed by atoms with E-state index in [0.29, 0.717) is 0 Å². The lowest BCUT2D eigenvalue weighted by molar-refractivity contribution is 1.13. The van der Waals surface area contributed by atoms with Crippen molar-refractivity contribution in [1.82, 2.24) is 18.3 Å². The Bertz CT molecular complexity index is 4830. The van der Waals surface area contributed by atoms with Gasteiger partial charge in [0, 0.05) is 65.8 Å². The molecule has 0 radical (unpaired) electrons. The molecule has 5 heteroatoms. The number of aryl methyl sites for hydroxylation is 6. The monoisotopic (exact) mass is 986 g/mol. The minimum absolute atomic E-state index is 0.0841. The van der Waals surface area contributed by atoms with E-state index < -0.39 is 0 Å². The van der Waals surface area contributed by atoms with Gasteiger partial charge in [0.2, 0.25) is 6.71 Å². The lowest BCUT2D eigenvalue weighted by Gasteiger charge is -2.26. The van der Waals surface area contributed by atoms with E-state index in [-0.39, 0.29) is 6.71 Å². The van der Waals surface area contributed by atoms with Crippen LogP contribution in [0.5, 0.6) is 0 Å². The summed E-state index contributed by atoms with van der Waals surface area (Å²) in [5, 5.41) is 9.86. The van der Waals surface area contributed by atoms with Gasteiger partial charge in [-0.05, 0) is 114 Å². The minimum Gasteiger partial charge on any atom is -0.309 e. The van der Waals surface area contributed by atoms with E-state index >= 15 is 0 Å². The molecule has 0 fully saturated rings. The average Bonchev–Trinajstić information content (AvgIpc) is 4.28. The van der Waals surface area contributed by atoms with Gasteiger partial charge in [-0.2, -0.15) is 0 Å². The van der Waals surface area contributed by atoms with Crippen LogP contribution in [-0.4, -0.2) is 25.0 Å². The first-order valence-electron chi connectivity index (χ1n) is 27.0. The molecule has 15 aromatic rings. The number of aromatic nitrogens is 4. The summed E-state index contributed by atoms with van der Waals surface area (Å²) >= 11 is 0. The molecular weight excluding hydrogens is 932 g/mol. The predicted molar refractivity (Wildman–Crippen MR) is 330 cm³/mol. The van der Waals surface area contributed by atoms with Gasteiger partial charge in [-0.15, -0.1) is 0 Å². The molecule has 15 rings (SSSR count). The second-order valence-corrected chi connectivity index (χ2v) is 21.6. The molecule has 0 aliphatic heterocycles. The van der Waals surface area contributed by atoms with Gasteiger partial charge in [0.25, 0.3) is 0 Å². The van der Waals surface area contributed by atoms with Crippen LogP contribution in [0.1, 0.15) is 33.4 Å². The Morgan fingerprint density at radius 3 is 1.08 bits per heavy atom. The van der Waals surface area contributed by atoms with Gasteiger partial charge in [0.1, 0.15) is 0 Å². The molecule has 11 aromatic carbocycles. The number of rotatable bonds is 7. The fraction of sp³-hybridized carbons (Fsp3) is 0.0833. The Balaban J connectivity index is 1.14. The van der Waals surface area contributed by atoms with Crippen LogP contribution in [0.15, 0.2) is 224 Å². The lowest BCUT2D eigenvalue weighted by atomic mass is 9.34. The quantitative estimate of drug-likeness (QED) is 0.142. The van der Waals surface area contributed by atoms with Crippen LogP contribution >= 0.6 is 0 Å². The van der Waals surface area contributed by atoms with Crippen molar-refractivity contribution >= 4 is 110 Å². The highest BCUT2D eigenvalue weighted by atomic mass is 15.1. The Morgan fingerprint density at radius 2 is 0.610 bits per heavy atom. The van der Waals surface area contributed by atoms with Gasteiger partial charge in [-0.1, -0.05) is 201 Å². The van der Waals surface area contributed by atoms with Gasteiger partial charge in [-0.3, -0.25) is 0 Å². The summed E-state index contributed by atoms with van der Waals surface area (Å²) in [7, 11) is 0. The molecule has 4 heterocycles. The molecule has 0 saturated heterocycles. The van der Waals surface area contributed by atoms with Crippen molar-refractivity contribution in [2.24, 2.45) is 0 Å². The van der Waals surface area contributed by atoms with E-state index in [2.05, 4.69) is 284 Å². The van der Waals surface area contributed by atoms with Gasteiger partial charge in [-0.25, -0.2) is 0 Å². The van der Waals surface area contributed by atoms with E-state index in [1.54, 1.807) is 0 Å². The summed E-state index contributed by atoms with van der Waals surface area (Å²) in [6.07, 6.45) is 0. The first kappa shape index (κ1) is 45.1. The third-order valence-corrected chi connectivity index (χ3v) is 16.8. The van der Waals surface area contributed by atoms with Crippen molar-refractivity contribution in [1.29, 1.82) is 0 Å². The van der Waals surface area contributed by atoms with E-state index in [4.69, 9.17) is 0 Å². The van der Waals surface area contributed by atoms with Gasteiger partial charge in [0.05, 0.1) is 44.1 Å². The number of hydrogen-bond donors (Lipinski definition) is 0. The first-order valence-corrected chi connectivity index (χ1v) is 27.0. The maximum absolute atomic E-state index is 2.60. The van der Waals surface area contributed by atoms with Crippen LogP contribution in [-0.2, 0) is 0 Å². The predicted octanol–water partition coefficient (Wildman–Crippen LogP) is 16.4. The highest BCUT2D eigenvalue weighted by Gasteiger charge is 2.31. The summed E-state index contributed by atoms with van der Waals surface area (Å²) < 4.78 is 10.1. The third-order valence-electron chi connectivity index (χ3n) is 16.8. The fourth-order valence-corrected chi connectivity index (χ4v) is 14.1. The minimum atomic E-state index is -0.0841. The molecule has 0 amide bonds. The number of hydrogen-bond acceptors (Lipinski definition) is 0. The summed E-state index contributed by atoms with van der Waals surface area (Å²) in [4.78, 5) is 0. The van der Waals surface area contributed by atoms with E-state index in [1.807, 2.05) is 0 Å². The van der Waals surface area contributed by atoms with Crippen molar-refractivity contribution < 1.29 is 0 Å². The number of nitrogens with zero attached hydrogens (tertiary/aromatic N) is 4.